The summed E-state index contributed by atoms with van der Waals surface area (Å²) in [5, 5.41) is 10.7. The van der Waals surface area contributed by atoms with Gasteiger partial charge in [-0.05, 0) is 18.6 Å². The third-order valence-corrected chi connectivity index (χ3v) is 4.07. The van der Waals surface area contributed by atoms with E-state index in [-0.39, 0.29) is 30.5 Å². The Balaban J connectivity index is 0.00000338. The average molecular weight is 499 g/mol. The number of hydrogen-bond acceptors (Lipinski definition) is 4. The Morgan fingerprint density at radius 1 is 1.15 bits per heavy atom. The van der Waals surface area contributed by atoms with Gasteiger partial charge < -0.3 is 16.0 Å². The van der Waals surface area contributed by atoms with Crippen molar-refractivity contribution in [3.8, 4) is 0 Å². The van der Waals surface area contributed by atoms with Crippen molar-refractivity contribution in [3.63, 3.8) is 0 Å². The number of benzene rings is 1. The summed E-state index contributed by atoms with van der Waals surface area (Å²) in [4.78, 5) is 7.61. The Bertz CT molecular complexity index is 676. The molecule has 0 unspecified atom stereocenters. The van der Waals surface area contributed by atoms with Gasteiger partial charge in [0.15, 0.2) is 11.7 Å². The molecule has 0 saturated heterocycles. The molecule has 1 aromatic heterocycles. The van der Waals surface area contributed by atoms with Gasteiger partial charge in [-0.1, -0.05) is 18.2 Å². The molecule has 0 saturated carbocycles. The molecule has 0 bridgehead atoms. The predicted octanol–water partition coefficient (Wildman–Crippen LogP) is 3.95. The molecule has 0 spiro atoms. The molecule has 26 heavy (non-hydrogen) atoms. The van der Waals surface area contributed by atoms with Gasteiger partial charge in [-0.25, -0.2) is 4.98 Å². The summed E-state index contributed by atoms with van der Waals surface area (Å²) in [7, 11) is 1.61. The van der Waals surface area contributed by atoms with Crippen molar-refractivity contribution in [2.24, 2.45) is 4.99 Å². The summed E-state index contributed by atoms with van der Waals surface area (Å²) >= 11 is 0.972. The van der Waals surface area contributed by atoms with Crippen molar-refractivity contribution in [1.29, 1.82) is 0 Å². The largest absolute Gasteiger partial charge is 0.434 e. The van der Waals surface area contributed by atoms with E-state index in [0.717, 1.165) is 35.4 Å². The van der Waals surface area contributed by atoms with Gasteiger partial charge in [0.1, 0.15) is 5.01 Å². The van der Waals surface area contributed by atoms with Crippen molar-refractivity contribution in [1.82, 2.24) is 15.6 Å². The molecule has 2 aromatic rings. The lowest BCUT2D eigenvalue weighted by Gasteiger charge is -2.11. The normalized spacial score (nSPS) is 11.6. The topological polar surface area (TPSA) is 61.3 Å². The molecular formula is C16H21F3IN5S. The van der Waals surface area contributed by atoms with E-state index in [2.05, 4.69) is 25.9 Å². The zero-order valence-corrected chi connectivity index (χ0v) is 17.3. The number of anilines is 1. The number of rotatable bonds is 7. The monoisotopic (exact) mass is 499 g/mol. The number of nitrogens with zero attached hydrogens (tertiary/aromatic N) is 2. The molecule has 1 aromatic carbocycles. The number of thiazole rings is 1. The van der Waals surface area contributed by atoms with Crippen LogP contribution >= 0.6 is 35.3 Å². The van der Waals surface area contributed by atoms with E-state index in [1.807, 2.05) is 30.3 Å². The lowest BCUT2D eigenvalue weighted by atomic mass is 10.3. The third-order valence-electron chi connectivity index (χ3n) is 3.22. The number of aromatic nitrogens is 1. The molecule has 0 aliphatic carbocycles. The Labute approximate surface area is 171 Å². The highest BCUT2D eigenvalue weighted by Crippen LogP contribution is 2.29. The van der Waals surface area contributed by atoms with Gasteiger partial charge in [0.05, 0.1) is 6.54 Å². The van der Waals surface area contributed by atoms with Crippen LogP contribution in [0, 0.1) is 0 Å². The SMILES string of the molecule is CN=C(NCCCNc1ccccc1)NCc1nc(C(F)(F)F)cs1.I. The summed E-state index contributed by atoms with van der Waals surface area (Å²) in [5.41, 5.74) is 0.207. The van der Waals surface area contributed by atoms with Crippen LogP contribution in [0.4, 0.5) is 18.9 Å². The second-order valence-corrected chi connectivity index (χ2v) is 6.07. The molecule has 0 aliphatic rings. The van der Waals surface area contributed by atoms with E-state index in [4.69, 9.17) is 0 Å². The van der Waals surface area contributed by atoms with Gasteiger partial charge in [0.25, 0.3) is 0 Å². The third kappa shape index (κ3) is 7.77. The number of para-hydroxylation sites is 1. The van der Waals surface area contributed by atoms with Gasteiger partial charge in [-0.15, -0.1) is 35.3 Å². The van der Waals surface area contributed by atoms with Crippen LogP contribution in [0.15, 0.2) is 40.7 Å². The summed E-state index contributed by atoms with van der Waals surface area (Å²) in [6.07, 6.45) is -3.54. The summed E-state index contributed by atoms with van der Waals surface area (Å²) in [5.74, 6) is 0.531. The fraction of sp³-hybridized carbons (Fsp3) is 0.375. The van der Waals surface area contributed by atoms with E-state index in [1.54, 1.807) is 7.05 Å². The molecular weight excluding hydrogens is 478 g/mol. The summed E-state index contributed by atoms with van der Waals surface area (Å²) in [6.45, 7) is 1.68. The first kappa shape index (κ1) is 22.5. The fourth-order valence-electron chi connectivity index (χ4n) is 1.99. The summed E-state index contributed by atoms with van der Waals surface area (Å²) < 4.78 is 37.5. The van der Waals surface area contributed by atoms with Gasteiger partial charge in [-0.3, -0.25) is 4.99 Å². The molecule has 3 N–H and O–H groups in total. The number of nitrogens with one attached hydrogen (secondary N) is 3. The number of guanidine groups is 1. The summed E-state index contributed by atoms with van der Waals surface area (Å²) in [6, 6.07) is 9.89. The van der Waals surface area contributed by atoms with Crippen molar-refractivity contribution < 1.29 is 13.2 Å². The van der Waals surface area contributed by atoms with E-state index in [1.165, 1.54) is 0 Å². The maximum atomic E-state index is 12.5. The van der Waals surface area contributed by atoms with Crippen LogP contribution in [0.5, 0.6) is 0 Å². The predicted molar refractivity (Wildman–Crippen MR) is 110 cm³/mol. The zero-order valence-electron chi connectivity index (χ0n) is 14.1. The smallest absolute Gasteiger partial charge is 0.385 e. The maximum absolute atomic E-state index is 12.5. The molecule has 5 nitrogen and oxygen atoms in total. The highest BCUT2D eigenvalue weighted by Gasteiger charge is 2.33. The minimum atomic E-state index is -4.40. The number of alkyl halides is 3. The van der Waals surface area contributed by atoms with Crippen molar-refractivity contribution >= 4 is 47.0 Å². The van der Waals surface area contributed by atoms with E-state index in [0.29, 0.717) is 17.5 Å². The number of hydrogen-bond donors (Lipinski definition) is 3. The van der Waals surface area contributed by atoms with Crippen LogP contribution in [0.2, 0.25) is 0 Å². The molecule has 0 amide bonds. The lowest BCUT2D eigenvalue weighted by Crippen LogP contribution is -2.37. The fourth-order valence-corrected chi connectivity index (χ4v) is 2.73. The molecule has 10 heteroatoms. The number of halogens is 4. The highest BCUT2D eigenvalue weighted by atomic mass is 127. The molecule has 0 aliphatic heterocycles. The van der Waals surface area contributed by atoms with Crippen LogP contribution in [0.3, 0.4) is 0 Å². The van der Waals surface area contributed by atoms with Crippen LogP contribution in [-0.4, -0.2) is 31.1 Å². The molecule has 0 fully saturated rings. The van der Waals surface area contributed by atoms with Gasteiger partial charge in [0, 0.05) is 31.2 Å². The molecule has 1 heterocycles. The Morgan fingerprint density at radius 3 is 2.50 bits per heavy atom. The van der Waals surface area contributed by atoms with Crippen molar-refractivity contribution in [3.05, 3.63) is 46.4 Å². The Hall–Kier alpha value is -1.56. The molecule has 0 atom stereocenters. The molecule has 2 rings (SSSR count). The standard InChI is InChI=1S/C16H20F3N5S.HI/c1-20-15(22-9-5-8-21-12-6-3-2-4-7-12)23-10-14-24-13(11-25-14)16(17,18)19;/h2-4,6-7,11,21H,5,8-10H2,1H3,(H2,20,22,23);1H. The van der Waals surface area contributed by atoms with Crippen molar-refractivity contribution in [2.75, 3.05) is 25.5 Å². The first-order valence-corrected chi connectivity index (χ1v) is 8.62. The van der Waals surface area contributed by atoms with E-state index in [9.17, 15) is 13.2 Å². The van der Waals surface area contributed by atoms with Crippen LogP contribution in [0.1, 0.15) is 17.1 Å². The minimum Gasteiger partial charge on any atom is -0.385 e. The quantitative estimate of drug-likeness (QED) is 0.234. The number of aliphatic imine (C=N–C) groups is 1. The van der Waals surface area contributed by atoms with Gasteiger partial charge >= 0.3 is 6.18 Å². The Morgan fingerprint density at radius 2 is 1.88 bits per heavy atom. The average Bonchev–Trinajstić information content (AvgIpc) is 3.07. The van der Waals surface area contributed by atoms with Crippen molar-refractivity contribution in [2.45, 2.75) is 19.1 Å². The molecule has 144 valence electrons. The highest BCUT2D eigenvalue weighted by molar-refractivity contribution is 14.0. The van der Waals surface area contributed by atoms with E-state index >= 15 is 0 Å². The van der Waals surface area contributed by atoms with Gasteiger partial charge in [0.2, 0.25) is 0 Å². The molecule has 0 radical (unpaired) electrons. The lowest BCUT2D eigenvalue weighted by molar-refractivity contribution is -0.140. The van der Waals surface area contributed by atoms with Crippen LogP contribution in [0.25, 0.3) is 0 Å². The van der Waals surface area contributed by atoms with E-state index < -0.39 is 11.9 Å². The minimum absolute atomic E-state index is 0. The first-order chi connectivity index (χ1) is 12.0. The van der Waals surface area contributed by atoms with Crippen LogP contribution in [-0.2, 0) is 12.7 Å². The van der Waals surface area contributed by atoms with Gasteiger partial charge in [-0.2, -0.15) is 13.2 Å². The maximum Gasteiger partial charge on any atom is 0.434 e. The second-order valence-electron chi connectivity index (χ2n) is 5.12. The van der Waals surface area contributed by atoms with Crippen LogP contribution < -0.4 is 16.0 Å². The first-order valence-electron chi connectivity index (χ1n) is 7.74. The Kier molecular flexibility index (Phi) is 9.70. The zero-order chi connectivity index (χ0) is 18.1. The second kappa shape index (κ2) is 11.2.